The summed E-state index contributed by atoms with van der Waals surface area (Å²) in [7, 11) is 0. The molecular weight excluding hydrogens is 292 g/mol. The first kappa shape index (κ1) is 16.3. The van der Waals surface area contributed by atoms with E-state index in [4.69, 9.17) is 4.74 Å². The fourth-order valence-electron chi connectivity index (χ4n) is 3.48. The van der Waals surface area contributed by atoms with E-state index in [0.717, 1.165) is 63.0 Å². The number of likely N-dealkylation sites (tertiary alicyclic amines) is 1. The molecule has 6 heteroatoms. The predicted molar refractivity (Wildman–Crippen MR) is 86.6 cm³/mol. The molecule has 1 N–H and O–H groups in total. The third kappa shape index (κ3) is 4.48. The maximum absolute atomic E-state index is 11.1. The fourth-order valence-corrected chi connectivity index (χ4v) is 3.48. The normalized spacial score (nSPS) is 23.1. The van der Waals surface area contributed by atoms with Gasteiger partial charge in [-0.25, -0.2) is 9.97 Å². The van der Waals surface area contributed by atoms with Crippen molar-refractivity contribution in [2.24, 2.45) is 5.92 Å². The van der Waals surface area contributed by atoms with E-state index in [1.807, 2.05) is 12.3 Å². The average molecular weight is 318 g/mol. The summed E-state index contributed by atoms with van der Waals surface area (Å²) in [5, 5.41) is 2.80. The number of nitrogens with zero attached hydrogens (tertiary/aromatic N) is 3. The maximum Gasteiger partial charge on any atom is 0.217 e. The molecule has 1 atom stereocenters. The Morgan fingerprint density at radius 2 is 2.22 bits per heavy atom. The minimum atomic E-state index is -0.0350. The van der Waals surface area contributed by atoms with Crippen molar-refractivity contribution in [3.8, 4) is 0 Å². The first-order chi connectivity index (χ1) is 11.2. The van der Waals surface area contributed by atoms with Crippen LogP contribution < -0.4 is 5.32 Å². The van der Waals surface area contributed by atoms with Gasteiger partial charge in [-0.3, -0.25) is 9.69 Å². The van der Waals surface area contributed by atoms with Crippen LogP contribution in [0.3, 0.4) is 0 Å². The highest BCUT2D eigenvalue weighted by Crippen LogP contribution is 2.31. The molecule has 23 heavy (non-hydrogen) atoms. The number of aromatic nitrogens is 2. The van der Waals surface area contributed by atoms with Gasteiger partial charge in [0, 0.05) is 32.9 Å². The summed E-state index contributed by atoms with van der Waals surface area (Å²) < 4.78 is 5.46. The van der Waals surface area contributed by atoms with Crippen molar-refractivity contribution in [2.45, 2.75) is 45.2 Å². The Kier molecular flexibility index (Phi) is 5.56. The highest BCUT2D eigenvalue weighted by atomic mass is 16.5. The van der Waals surface area contributed by atoms with Crippen LogP contribution in [0.25, 0.3) is 0 Å². The van der Waals surface area contributed by atoms with E-state index in [9.17, 15) is 4.79 Å². The molecule has 1 aromatic heterocycles. The highest BCUT2D eigenvalue weighted by Gasteiger charge is 2.30. The molecule has 1 aromatic rings. The number of nitrogens with one attached hydrogen (secondary N) is 1. The van der Waals surface area contributed by atoms with Crippen LogP contribution in [0.2, 0.25) is 0 Å². The number of carbonyl (C=O) groups excluding carboxylic acids is 1. The maximum atomic E-state index is 11.1. The van der Waals surface area contributed by atoms with Gasteiger partial charge in [-0.15, -0.1) is 0 Å². The standard InChI is InChI=1S/C17H26N4O2/c1-13(22)19-11-15-4-7-18-17(20-15)16-3-2-8-21(16)12-14-5-9-23-10-6-14/h4,7,14,16H,2-3,5-6,8-12H2,1H3,(H,19,22). The summed E-state index contributed by atoms with van der Waals surface area (Å²) in [5.74, 6) is 1.59. The average Bonchev–Trinajstić information content (AvgIpc) is 3.02. The highest BCUT2D eigenvalue weighted by molar-refractivity contribution is 5.72. The molecule has 126 valence electrons. The van der Waals surface area contributed by atoms with E-state index >= 15 is 0 Å². The molecule has 2 fully saturated rings. The third-order valence-electron chi connectivity index (χ3n) is 4.75. The zero-order valence-electron chi connectivity index (χ0n) is 13.8. The summed E-state index contributed by atoms with van der Waals surface area (Å²) in [4.78, 5) is 22.8. The van der Waals surface area contributed by atoms with Gasteiger partial charge in [0.2, 0.25) is 5.91 Å². The third-order valence-corrected chi connectivity index (χ3v) is 4.75. The van der Waals surface area contributed by atoms with E-state index in [2.05, 4.69) is 20.2 Å². The van der Waals surface area contributed by atoms with Crippen molar-refractivity contribution < 1.29 is 9.53 Å². The van der Waals surface area contributed by atoms with E-state index in [1.54, 1.807) is 0 Å². The Bertz CT molecular complexity index is 531. The van der Waals surface area contributed by atoms with Gasteiger partial charge in [-0.05, 0) is 44.2 Å². The monoisotopic (exact) mass is 318 g/mol. The van der Waals surface area contributed by atoms with Crippen molar-refractivity contribution in [3.05, 3.63) is 23.8 Å². The van der Waals surface area contributed by atoms with Gasteiger partial charge in [0.15, 0.2) is 0 Å². The van der Waals surface area contributed by atoms with Crippen LogP contribution in [0.1, 0.15) is 50.2 Å². The second-order valence-corrected chi connectivity index (χ2v) is 6.52. The van der Waals surface area contributed by atoms with Gasteiger partial charge < -0.3 is 10.1 Å². The molecule has 3 heterocycles. The number of hydrogen-bond acceptors (Lipinski definition) is 5. The summed E-state index contributed by atoms with van der Waals surface area (Å²) in [6.45, 7) is 6.03. The van der Waals surface area contributed by atoms with Crippen LogP contribution in [0.5, 0.6) is 0 Å². The lowest BCUT2D eigenvalue weighted by Gasteiger charge is -2.30. The van der Waals surface area contributed by atoms with Crippen molar-refractivity contribution in [3.63, 3.8) is 0 Å². The molecule has 1 unspecified atom stereocenters. The summed E-state index contributed by atoms with van der Waals surface area (Å²) >= 11 is 0. The topological polar surface area (TPSA) is 67.4 Å². The molecule has 1 amide bonds. The smallest absolute Gasteiger partial charge is 0.217 e. The molecule has 0 saturated carbocycles. The van der Waals surface area contributed by atoms with Gasteiger partial charge in [-0.2, -0.15) is 0 Å². The second-order valence-electron chi connectivity index (χ2n) is 6.52. The molecule has 2 aliphatic heterocycles. The Morgan fingerprint density at radius 1 is 1.39 bits per heavy atom. The zero-order valence-corrected chi connectivity index (χ0v) is 13.8. The van der Waals surface area contributed by atoms with Crippen LogP contribution >= 0.6 is 0 Å². The summed E-state index contributed by atoms with van der Waals surface area (Å²) in [6.07, 6.45) is 6.45. The fraction of sp³-hybridized carbons (Fsp3) is 0.706. The second kappa shape index (κ2) is 7.84. The first-order valence-corrected chi connectivity index (χ1v) is 8.60. The SMILES string of the molecule is CC(=O)NCc1ccnc(C2CCCN2CC2CCOCC2)n1. The molecule has 3 rings (SSSR count). The lowest BCUT2D eigenvalue weighted by atomic mass is 9.99. The number of hydrogen-bond donors (Lipinski definition) is 1. The van der Waals surface area contributed by atoms with Crippen LogP contribution in [-0.2, 0) is 16.1 Å². The van der Waals surface area contributed by atoms with Crippen molar-refractivity contribution >= 4 is 5.91 Å². The van der Waals surface area contributed by atoms with E-state index in [1.165, 1.54) is 13.3 Å². The quantitative estimate of drug-likeness (QED) is 0.894. The summed E-state index contributed by atoms with van der Waals surface area (Å²) in [5.41, 5.74) is 0.878. The molecule has 0 aromatic carbocycles. The lowest BCUT2D eigenvalue weighted by molar-refractivity contribution is -0.119. The van der Waals surface area contributed by atoms with E-state index in [0.29, 0.717) is 12.6 Å². The van der Waals surface area contributed by atoms with Crippen LogP contribution in [-0.4, -0.2) is 47.1 Å². The lowest BCUT2D eigenvalue weighted by Crippen LogP contribution is -2.33. The number of carbonyl (C=O) groups is 1. The Hall–Kier alpha value is -1.53. The molecule has 0 spiro atoms. The number of amides is 1. The largest absolute Gasteiger partial charge is 0.381 e. The summed E-state index contributed by atoms with van der Waals surface area (Å²) in [6, 6.07) is 2.19. The molecule has 0 radical (unpaired) electrons. The molecule has 2 saturated heterocycles. The number of ether oxygens (including phenoxy) is 1. The predicted octanol–water partition coefficient (Wildman–Crippen LogP) is 1.68. The van der Waals surface area contributed by atoms with Crippen LogP contribution in [0.4, 0.5) is 0 Å². The van der Waals surface area contributed by atoms with Crippen molar-refractivity contribution in [1.29, 1.82) is 0 Å². The molecule has 0 bridgehead atoms. The van der Waals surface area contributed by atoms with E-state index < -0.39 is 0 Å². The van der Waals surface area contributed by atoms with Gasteiger partial charge in [0.25, 0.3) is 0 Å². The van der Waals surface area contributed by atoms with Crippen molar-refractivity contribution in [2.75, 3.05) is 26.3 Å². The Balaban J connectivity index is 1.64. The minimum Gasteiger partial charge on any atom is -0.381 e. The number of rotatable bonds is 5. The zero-order chi connectivity index (χ0) is 16.1. The van der Waals surface area contributed by atoms with Crippen molar-refractivity contribution in [1.82, 2.24) is 20.2 Å². The van der Waals surface area contributed by atoms with Crippen LogP contribution in [0, 0.1) is 5.92 Å². The van der Waals surface area contributed by atoms with E-state index in [-0.39, 0.29) is 5.91 Å². The Morgan fingerprint density at radius 3 is 3.00 bits per heavy atom. The molecule has 0 aliphatic carbocycles. The minimum absolute atomic E-state index is 0.0350. The molecule has 6 nitrogen and oxygen atoms in total. The van der Waals surface area contributed by atoms with Gasteiger partial charge in [0.1, 0.15) is 5.82 Å². The Labute approximate surface area is 137 Å². The first-order valence-electron chi connectivity index (χ1n) is 8.60. The molecule has 2 aliphatic rings. The molecular formula is C17H26N4O2. The van der Waals surface area contributed by atoms with Crippen LogP contribution in [0.15, 0.2) is 12.3 Å². The van der Waals surface area contributed by atoms with Gasteiger partial charge >= 0.3 is 0 Å². The van der Waals surface area contributed by atoms with Gasteiger partial charge in [-0.1, -0.05) is 0 Å². The van der Waals surface area contributed by atoms with Gasteiger partial charge in [0.05, 0.1) is 18.3 Å².